The van der Waals surface area contributed by atoms with Gasteiger partial charge in [0.2, 0.25) is 5.91 Å². The van der Waals surface area contributed by atoms with E-state index >= 15 is 0 Å². The predicted molar refractivity (Wildman–Crippen MR) is 294 cm³/mol. The van der Waals surface area contributed by atoms with Crippen LogP contribution < -0.4 is 5.32 Å². The van der Waals surface area contributed by atoms with Gasteiger partial charge in [0.05, 0.1) is 18.8 Å². The van der Waals surface area contributed by atoms with Crippen LogP contribution in [0.15, 0.2) is 146 Å². The second kappa shape index (κ2) is 55.6. The smallest absolute Gasteiger partial charge is 0.220 e. The van der Waals surface area contributed by atoms with E-state index in [1.807, 2.05) is 6.08 Å². The first-order valence-electron chi connectivity index (χ1n) is 27.0. The van der Waals surface area contributed by atoms with Crippen molar-refractivity contribution < 1.29 is 15.0 Å². The zero-order valence-electron chi connectivity index (χ0n) is 42.6. The minimum atomic E-state index is -0.875. The molecule has 0 heterocycles. The second-order valence-corrected chi connectivity index (χ2v) is 17.6. The molecule has 66 heavy (non-hydrogen) atoms. The van der Waals surface area contributed by atoms with E-state index in [9.17, 15) is 15.0 Å². The Kier molecular flexibility index (Phi) is 52.5. The van der Waals surface area contributed by atoms with Gasteiger partial charge in [0.15, 0.2) is 0 Å². The zero-order valence-corrected chi connectivity index (χ0v) is 42.6. The fraction of sp³-hybridized carbons (Fsp3) is 0.597. The molecule has 0 radical (unpaired) electrons. The minimum Gasteiger partial charge on any atom is -0.394 e. The van der Waals surface area contributed by atoms with E-state index in [1.165, 1.54) is 89.9 Å². The summed E-state index contributed by atoms with van der Waals surface area (Å²) in [5.74, 6) is -0.0892. The Morgan fingerprint density at radius 2 is 0.682 bits per heavy atom. The number of carbonyl (C=O) groups excluding carboxylic acids is 1. The Labute approximate surface area is 408 Å². The highest BCUT2D eigenvalue weighted by molar-refractivity contribution is 5.76. The number of rotatable bonds is 47. The van der Waals surface area contributed by atoms with E-state index in [-0.39, 0.29) is 12.5 Å². The molecule has 0 fully saturated rings. The van der Waals surface area contributed by atoms with Crippen molar-refractivity contribution in [3.8, 4) is 0 Å². The third-order valence-corrected chi connectivity index (χ3v) is 11.3. The molecule has 3 N–H and O–H groups in total. The summed E-state index contributed by atoms with van der Waals surface area (Å²) in [7, 11) is 0. The largest absolute Gasteiger partial charge is 0.394 e. The Bertz CT molecular complexity index is 1400. The highest BCUT2D eigenvalue weighted by Crippen LogP contribution is 2.13. The van der Waals surface area contributed by atoms with Gasteiger partial charge >= 0.3 is 0 Å². The van der Waals surface area contributed by atoms with Crippen LogP contribution in [0, 0.1) is 0 Å². The van der Waals surface area contributed by atoms with Crippen molar-refractivity contribution in [2.45, 2.75) is 231 Å². The molecule has 2 atom stereocenters. The van der Waals surface area contributed by atoms with E-state index in [4.69, 9.17) is 0 Å². The maximum absolute atomic E-state index is 12.4. The molecule has 0 rings (SSSR count). The summed E-state index contributed by atoms with van der Waals surface area (Å²) in [6.45, 7) is 4.16. The average molecular weight is 908 g/mol. The van der Waals surface area contributed by atoms with Crippen molar-refractivity contribution >= 4 is 5.91 Å². The number of nitrogens with one attached hydrogen (secondary N) is 1. The lowest BCUT2D eigenvalue weighted by atomic mass is 10.1. The maximum atomic E-state index is 12.4. The summed E-state index contributed by atoms with van der Waals surface area (Å²) in [5, 5.41) is 23.0. The first-order valence-corrected chi connectivity index (χ1v) is 27.0. The molecule has 372 valence electrons. The summed E-state index contributed by atoms with van der Waals surface area (Å²) < 4.78 is 0. The monoisotopic (exact) mass is 908 g/mol. The normalized spacial score (nSPS) is 14.1. The van der Waals surface area contributed by atoms with Gasteiger partial charge in [0, 0.05) is 6.42 Å². The molecule has 0 saturated heterocycles. The Morgan fingerprint density at radius 3 is 1.06 bits per heavy atom. The van der Waals surface area contributed by atoms with Crippen molar-refractivity contribution in [2.24, 2.45) is 0 Å². The van der Waals surface area contributed by atoms with Crippen LogP contribution in [-0.2, 0) is 4.79 Å². The molecule has 4 nitrogen and oxygen atoms in total. The molecule has 0 bridgehead atoms. The second-order valence-electron chi connectivity index (χ2n) is 17.6. The van der Waals surface area contributed by atoms with Crippen LogP contribution in [-0.4, -0.2) is 34.9 Å². The molecule has 0 aliphatic rings. The van der Waals surface area contributed by atoms with Crippen molar-refractivity contribution in [3.63, 3.8) is 0 Å². The van der Waals surface area contributed by atoms with Crippen LogP contribution in [0.25, 0.3) is 0 Å². The quantitative estimate of drug-likeness (QED) is 0.0421. The van der Waals surface area contributed by atoms with Crippen LogP contribution in [0.5, 0.6) is 0 Å². The Balaban J connectivity index is 3.67. The molecule has 4 heteroatoms. The van der Waals surface area contributed by atoms with Crippen LogP contribution in [0.4, 0.5) is 0 Å². The van der Waals surface area contributed by atoms with Gasteiger partial charge in [0.25, 0.3) is 0 Å². The molecule has 2 unspecified atom stereocenters. The van der Waals surface area contributed by atoms with Gasteiger partial charge in [-0.3, -0.25) is 4.79 Å². The third-order valence-electron chi connectivity index (χ3n) is 11.3. The molecule has 0 aromatic rings. The lowest BCUT2D eigenvalue weighted by Gasteiger charge is -2.19. The molecule has 0 aliphatic carbocycles. The lowest BCUT2D eigenvalue weighted by molar-refractivity contribution is -0.123. The van der Waals surface area contributed by atoms with Crippen molar-refractivity contribution in [1.82, 2.24) is 5.32 Å². The first-order chi connectivity index (χ1) is 32.7. The van der Waals surface area contributed by atoms with Crippen LogP contribution in [0.3, 0.4) is 0 Å². The van der Waals surface area contributed by atoms with Crippen LogP contribution >= 0.6 is 0 Å². The topological polar surface area (TPSA) is 69.6 Å². The Hall–Kier alpha value is -3.73. The van der Waals surface area contributed by atoms with E-state index in [2.05, 4.69) is 153 Å². The number of allylic oxidation sites excluding steroid dienone is 23. The van der Waals surface area contributed by atoms with E-state index in [0.29, 0.717) is 6.42 Å². The van der Waals surface area contributed by atoms with Gasteiger partial charge in [-0.1, -0.05) is 250 Å². The van der Waals surface area contributed by atoms with Crippen LogP contribution in [0.2, 0.25) is 0 Å². The van der Waals surface area contributed by atoms with E-state index < -0.39 is 12.1 Å². The molecule has 0 saturated carbocycles. The predicted octanol–water partition coefficient (Wildman–Crippen LogP) is 18.0. The SMILES string of the molecule is CC/C=C\C/C=C\C/C=C\C/C=C\C/C=C\C/C=C\C/C=C\C/C=C\C/C=C\C/C=C\CCCCCCCCCCC(=O)NC(CO)C(O)/C=C/CC/C=C/CCCCCCCCCCC. The van der Waals surface area contributed by atoms with Crippen molar-refractivity contribution in [1.29, 1.82) is 0 Å². The summed E-state index contributed by atoms with van der Waals surface area (Å²) in [6.07, 6.45) is 88.4. The summed E-state index contributed by atoms with van der Waals surface area (Å²) in [5.41, 5.74) is 0. The number of hydrogen-bond acceptors (Lipinski definition) is 3. The fourth-order valence-corrected chi connectivity index (χ4v) is 7.22. The molecular weight excluding hydrogens is 807 g/mol. The molecule has 0 aromatic carbocycles. The van der Waals surface area contributed by atoms with Gasteiger partial charge in [0.1, 0.15) is 0 Å². The fourth-order valence-electron chi connectivity index (χ4n) is 7.22. The third kappa shape index (κ3) is 51.3. The highest BCUT2D eigenvalue weighted by atomic mass is 16.3. The number of carbonyl (C=O) groups is 1. The van der Waals surface area contributed by atoms with E-state index in [1.54, 1.807) is 6.08 Å². The standard InChI is InChI=1S/C62H101NO3/c1-3-5-7-9-11-13-15-17-19-20-21-22-23-24-25-26-27-28-29-30-31-32-33-34-35-36-37-38-39-40-41-42-44-46-48-50-52-54-56-58-62(66)63-60(59-64)61(65)57-55-53-51-49-47-45-43-18-16-14-12-10-8-6-4-2/h5,7,11,13,17,19,21-22,24-25,27-28,30-31,33-34,36-37,39-40,47,49,55,57,60-61,64-65H,3-4,6,8-10,12,14-16,18,20,23,26,29,32,35,38,41-46,48,50-54,56,58-59H2,1-2H3,(H,63,66)/b7-5-,13-11-,19-17-,22-21-,25-24-,28-27-,31-30-,34-33-,37-36-,40-39-,49-47+,57-55+. The number of aliphatic hydroxyl groups is 2. The minimum absolute atomic E-state index is 0.0892. The zero-order chi connectivity index (χ0) is 47.7. The number of amides is 1. The molecule has 1 amide bonds. The van der Waals surface area contributed by atoms with Gasteiger partial charge in [-0.25, -0.2) is 0 Å². The summed E-state index contributed by atoms with van der Waals surface area (Å²) >= 11 is 0. The van der Waals surface area contributed by atoms with Crippen LogP contribution in [0.1, 0.15) is 219 Å². The molecule has 0 aliphatic heterocycles. The first kappa shape index (κ1) is 62.3. The lowest BCUT2D eigenvalue weighted by Crippen LogP contribution is -2.45. The Morgan fingerprint density at radius 1 is 0.379 bits per heavy atom. The summed E-state index contributed by atoms with van der Waals surface area (Å²) in [4.78, 5) is 12.4. The van der Waals surface area contributed by atoms with Gasteiger partial charge in [-0.15, -0.1) is 0 Å². The van der Waals surface area contributed by atoms with Crippen molar-refractivity contribution in [2.75, 3.05) is 6.61 Å². The number of hydrogen-bond donors (Lipinski definition) is 3. The van der Waals surface area contributed by atoms with E-state index in [0.717, 1.165) is 109 Å². The molecular formula is C62H101NO3. The van der Waals surface area contributed by atoms with Gasteiger partial charge in [-0.05, 0) is 109 Å². The number of unbranched alkanes of at least 4 members (excludes halogenated alkanes) is 18. The molecule has 0 aromatic heterocycles. The summed E-state index contributed by atoms with van der Waals surface area (Å²) in [6, 6.07) is -0.653. The average Bonchev–Trinajstić information content (AvgIpc) is 3.32. The van der Waals surface area contributed by atoms with Crippen molar-refractivity contribution in [3.05, 3.63) is 146 Å². The molecule has 0 spiro atoms. The van der Waals surface area contributed by atoms with Gasteiger partial charge < -0.3 is 15.5 Å². The number of aliphatic hydroxyl groups excluding tert-OH is 2. The maximum Gasteiger partial charge on any atom is 0.220 e. The van der Waals surface area contributed by atoms with Gasteiger partial charge in [-0.2, -0.15) is 0 Å². The highest BCUT2D eigenvalue weighted by Gasteiger charge is 2.17.